The van der Waals surface area contributed by atoms with Crippen LogP contribution in [0.5, 0.6) is 0 Å². The van der Waals surface area contributed by atoms with Crippen LogP contribution >= 0.6 is 11.3 Å². The maximum atomic E-state index is 12.2. The number of carbonyl (C=O) groups excluding carboxylic acids is 1. The Morgan fingerprint density at radius 3 is 3.25 bits per heavy atom. The van der Waals surface area contributed by atoms with Crippen molar-refractivity contribution in [3.63, 3.8) is 0 Å². The summed E-state index contributed by atoms with van der Waals surface area (Å²) in [6, 6.07) is 4.02. The first-order valence-corrected chi connectivity index (χ1v) is 8.23. The lowest BCUT2D eigenvalue weighted by Gasteiger charge is -2.22. The molecule has 4 heteroatoms. The van der Waals surface area contributed by atoms with E-state index in [1.807, 2.05) is 28.5 Å². The van der Waals surface area contributed by atoms with Gasteiger partial charge in [-0.05, 0) is 36.3 Å². The summed E-state index contributed by atoms with van der Waals surface area (Å²) in [6.45, 7) is 4.67. The van der Waals surface area contributed by atoms with Gasteiger partial charge in [-0.2, -0.15) is 0 Å². The fraction of sp³-hybridized carbons (Fsp3) is 0.562. The summed E-state index contributed by atoms with van der Waals surface area (Å²) in [5.74, 6) is 0.783. The molecule has 2 fully saturated rings. The van der Waals surface area contributed by atoms with E-state index in [0.717, 1.165) is 37.4 Å². The summed E-state index contributed by atoms with van der Waals surface area (Å²) in [4.78, 5) is 15.3. The minimum absolute atomic E-state index is 0.0485. The van der Waals surface area contributed by atoms with Gasteiger partial charge in [0.25, 0.3) is 0 Å². The monoisotopic (exact) mass is 291 g/mol. The summed E-state index contributed by atoms with van der Waals surface area (Å²) < 4.78 is 6.02. The number of rotatable bonds is 3. The maximum Gasteiger partial charge on any atom is 0.246 e. The van der Waals surface area contributed by atoms with E-state index in [2.05, 4.69) is 6.92 Å². The van der Waals surface area contributed by atoms with Gasteiger partial charge in [-0.15, -0.1) is 11.3 Å². The molecule has 3 heterocycles. The lowest BCUT2D eigenvalue weighted by atomic mass is 9.92. The van der Waals surface area contributed by atoms with E-state index < -0.39 is 0 Å². The van der Waals surface area contributed by atoms with Crippen LogP contribution in [0.15, 0.2) is 23.6 Å². The van der Waals surface area contributed by atoms with Crippen LogP contribution in [0.25, 0.3) is 6.08 Å². The van der Waals surface area contributed by atoms with Crippen LogP contribution in [-0.4, -0.2) is 36.1 Å². The Labute approximate surface area is 124 Å². The molecule has 0 bridgehead atoms. The predicted molar refractivity (Wildman–Crippen MR) is 81.6 cm³/mol. The van der Waals surface area contributed by atoms with Gasteiger partial charge in [0, 0.05) is 17.5 Å². The van der Waals surface area contributed by atoms with Gasteiger partial charge in [0.05, 0.1) is 18.8 Å². The normalized spacial score (nSPS) is 29.9. The molecule has 0 aliphatic carbocycles. The van der Waals surface area contributed by atoms with Crippen LogP contribution in [0, 0.1) is 5.92 Å². The van der Waals surface area contributed by atoms with E-state index in [4.69, 9.17) is 4.74 Å². The SMILES string of the molecule is CCC1COC2(CCN(C(=O)/C=C/c3cccs3)C2)C1. The zero-order valence-electron chi connectivity index (χ0n) is 11.9. The van der Waals surface area contributed by atoms with Crippen LogP contribution < -0.4 is 0 Å². The zero-order valence-corrected chi connectivity index (χ0v) is 12.7. The van der Waals surface area contributed by atoms with E-state index in [9.17, 15) is 4.79 Å². The number of amides is 1. The molecule has 0 N–H and O–H groups in total. The standard InChI is InChI=1S/C16H21NO2S/c1-2-13-10-16(19-11-13)7-8-17(12-16)15(18)6-5-14-4-3-9-20-14/h3-6,9,13H,2,7-8,10-12H2,1H3/b6-5+. The van der Waals surface area contributed by atoms with Crippen LogP contribution in [0.2, 0.25) is 0 Å². The van der Waals surface area contributed by atoms with Crippen molar-refractivity contribution >= 4 is 23.3 Å². The number of ether oxygens (including phenoxy) is 1. The van der Waals surface area contributed by atoms with Crippen molar-refractivity contribution in [3.05, 3.63) is 28.5 Å². The third-order valence-electron chi connectivity index (χ3n) is 4.42. The molecule has 3 rings (SSSR count). The first-order valence-electron chi connectivity index (χ1n) is 7.35. The number of carbonyl (C=O) groups is 1. The first-order chi connectivity index (χ1) is 9.71. The highest BCUT2D eigenvalue weighted by molar-refractivity contribution is 7.10. The van der Waals surface area contributed by atoms with E-state index in [0.29, 0.717) is 5.92 Å². The second-order valence-electron chi connectivity index (χ2n) is 5.83. The quantitative estimate of drug-likeness (QED) is 0.801. The maximum absolute atomic E-state index is 12.2. The molecular weight excluding hydrogens is 270 g/mol. The lowest BCUT2D eigenvalue weighted by Crippen LogP contribution is -2.35. The Morgan fingerprint density at radius 1 is 1.65 bits per heavy atom. The molecule has 1 aromatic heterocycles. The van der Waals surface area contributed by atoms with Gasteiger partial charge >= 0.3 is 0 Å². The fourth-order valence-electron chi connectivity index (χ4n) is 3.16. The van der Waals surface area contributed by atoms with Crippen molar-refractivity contribution < 1.29 is 9.53 Å². The molecule has 1 aromatic rings. The van der Waals surface area contributed by atoms with Gasteiger partial charge in [-0.3, -0.25) is 4.79 Å². The molecule has 0 aromatic carbocycles. The highest BCUT2D eigenvalue weighted by Gasteiger charge is 2.45. The summed E-state index contributed by atoms with van der Waals surface area (Å²) in [7, 11) is 0. The molecule has 2 aliphatic heterocycles. The third-order valence-corrected chi connectivity index (χ3v) is 5.26. The molecule has 2 aliphatic rings. The molecular formula is C16H21NO2S. The van der Waals surface area contributed by atoms with Crippen molar-refractivity contribution in [1.29, 1.82) is 0 Å². The van der Waals surface area contributed by atoms with Crippen molar-refractivity contribution in [3.8, 4) is 0 Å². The molecule has 0 saturated carbocycles. The first kappa shape index (κ1) is 13.8. The largest absolute Gasteiger partial charge is 0.373 e. The van der Waals surface area contributed by atoms with Crippen molar-refractivity contribution in [1.82, 2.24) is 4.90 Å². The summed E-state index contributed by atoms with van der Waals surface area (Å²) in [5.41, 5.74) is -0.0485. The Morgan fingerprint density at radius 2 is 2.55 bits per heavy atom. The second-order valence-corrected chi connectivity index (χ2v) is 6.81. The summed E-state index contributed by atoms with van der Waals surface area (Å²) >= 11 is 1.65. The Bertz CT molecular complexity index is 497. The number of likely N-dealkylation sites (tertiary alicyclic amines) is 1. The molecule has 20 heavy (non-hydrogen) atoms. The minimum atomic E-state index is -0.0485. The summed E-state index contributed by atoms with van der Waals surface area (Å²) in [6.07, 6.45) is 6.87. The van der Waals surface area contributed by atoms with E-state index >= 15 is 0 Å². The van der Waals surface area contributed by atoms with Crippen LogP contribution in [0.4, 0.5) is 0 Å². The van der Waals surface area contributed by atoms with Crippen LogP contribution in [0.3, 0.4) is 0 Å². The number of thiophene rings is 1. The van der Waals surface area contributed by atoms with Gasteiger partial charge in [0.15, 0.2) is 0 Å². The predicted octanol–water partition coefficient (Wildman–Crippen LogP) is 3.18. The van der Waals surface area contributed by atoms with E-state index in [1.54, 1.807) is 17.4 Å². The number of nitrogens with zero attached hydrogens (tertiary/aromatic N) is 1. The lowest BCUT2D eigenvalue weighted by molar-refractivity contribution is -0.126. The molecule has 2 saturated heterocycles. The molecule has 1 amide bonds. The molecule has 1 spiro atoms. The average Bonchev–Trinajstić information content (AvgIpc) is 3.18. The molecule has 3 nitrogen and oxygen atoms in total. The van der Waals surface area contributed by atoms with Gasteiger partial charge in [0.1, 0.15) is 0 Å². The van der Waals surface area contributed by atoms with Gasteiger partial charge in [0.2, 0.25) is 5.91 Å². The minimum Gasteiger partial charge on any atom is -0.373 e. The van der Waals surface area contributed by atoms with E-state index in [-0.39, 0.29) is 11.5 Å². The third kappa shape index (κ3) is 2.81. The second kappa shape index (κ2) is 5.70. The van der Waals surface area contributed by atoms with Crippen molar-refractivity contribution in [2.75, 3.05) is 19.7 Å². The Hall–Kier alpha value is -1.13. The van der Waals surface area contributed by atoms with Crippen LogP contribution in [0.1, 0.15) is 31.1 Å². The Kier molecular flexibility index (Phi) is 3.94. The van der Waals surface area contributed by atoms with Gasteiger partial charge in [-0.25, -0.2) is 0 Å². The number of hydrogen-bond donors (Lipinski definition) is 0. The van der Waals surface area contributed by atoms with Crippen molar-refractivity contribution in [2.45, 2.75) is 31.8 Å². The van der Waals surface area contributed by atoms with Crippen LogP contribution in [-0.2, 0) is 9.53 Å². The average molecular weight is 291 g/mol. The summed E-state index contributed by atoms with van der Waals surface area (Å²) in [5, 5.41) is 2.02. The Balaban J connectivity index is 1.58. The highest BCUT2D eigenvalue weighted by Crippen LogP contribution is 2.38. The highest BCUT2D eigenvalue weighted by atomic mass is 32.1. The van der Waals surface area contributed by atoms with Gasteiger partial charge in [-0.1, -0.05) is 19.4 Å². The van der Waals surface area contributed by atoms with E-state index in [1.165, 1.54) is 6.42 Å². The van der Waals surface area contributed by atoms with Crippen molar-refractivity contribution in [2.24, 2.45) is 5.92 Å². The molecule has 0 radical (unpaired) electrons. The van der Waals surface area contributed by atoms with Gasteiger partial charge < -0.3 is 9.64 Å². The number of hydrogen-bond acceptors (Lipinski definition) is 3. The molecule has 2 unspecified atom stereocenters. The smallest absolute Gasteiger partial charge is 0.246 e. The fourth-order valence-corrected chi connectivity index (χ4v) is 3.78. The zero-order chi connectivity index (χ0) is 14.0. The molecule has 108 valence electrons. The topological polar surface area (TPSA) is 29.5 Å². The molecule has 2 atom stereocenters.